The minimum Gasteiger partial charge on any atom is -0.465 e. The maximum absolute atomic E-state index is 14.4. The molecule has 44 heavy (non-hydrogen) atoms. The molecule has 0 aromatic carbocycles. The Balaban J connectivity index is 1.55. The first-order chi connectivity index (χ1) is 20.5. The van der Waals surface area contributed by atoms with Gasteiger partial charge in [0, 0.05) is 44.2 Å². The third-order valence-corrected chi connectivity index (χ3v) is 10.9. The van der Waals surface area contributed by atoms with E-state index in [-0.39, 0.29) is 36.6 Å². The Labute approximate surface area is 262 Å². The lowest BCUT2D eigenvalue weighted by atomic mass is 9.39. The first kappa shape index (κ1) is 34.4. The molecule has 8 atom stereocenters. The number of ketones is 1. The zero-order valence-electron chi connectivity index (χ0n) is 27.7. The number of nitrogens with one attached hydrogen (secondary N) is 1. The molecule has 4 saturated carbocycles. The molecule has 0 radical (unpaired) electrons. The van der Waals surface area contributed by atoms with E-state index >= 15 is 0 Å². The Bertz CT molecular complexity index is 1140. The summed E-state index contributed by atoms with van der Waals surface area (Å²) in [6.45, 7) is 15.9. The number of fused-ring (bicyclic) bond motifs is 3. The molecule has 4 rings (SSSR count). The molecule has 0 unspecified atom stereocenters. The number of carbonyl (C=O) groups excluding carboxylic acids is 4. The van der Waals surface area contributed by atoms with Crippen LogP contribution in [0.4, 0.5) is 4.79 Å². The third kappa shape index (κ3) is 6.17. The normalized spacial score (nSPS) is 35.7. The van der Waals surface area contributed by atoms with Crippen LogP contribution < -0.4 is 5.32 Å². The fraction of sp³-hybridized carbons (Fsp3) is 0.824. The molecule has 4 fully saturated rings. The van der Waals surface area contributed by atoms with Crippen LogP contribution in [0.25, 0.3) is 0 Å². The lowest BCUT2D eigenvalue weighted by Gasteiger charge is -2.67. The molecule has 2 N–H and O–H groups in total. The van der Waals surface area contributed by atoms with E-state index in [0.29, 0.717) is 44.2 Å². The van der Waals surface area contributed by atoms with E-state index in [2.05, 4.69) is 25.7 Å². The lowest BCUT2D eigenvalue weighted by Crippen LogP contribution is -2.72. The fourth-order valence-corrected chi connectivity index (χ4v) is 9.36. The van der Waals surface area contributed by atoms with E-state index in [1.54, 1.807) is 27.9 Å². The largest absolute Gasteiger partial charge is 0.465 e. The van der Waals surface area contributed by atoms with Crippen LogP contribution in [0.1, 0.15) is 99.3 Å². The second-order valence-corrected chi connectivity index (χ2v) is 15.2. The summed E-state index contributed by atoms with van der Waals surface area (Å²) >= 11 is 0. The average molecular weight is 620 g/mol. The molecule has 248 valence electrons. The number of rotatable bonds is 10. The van der Waals surface area contributed by atoms with Crippen molar-refractivity contribution in [2.75, 3.05) is 20.3 Å². The molecule has 0 aliphatic heterocycles. The van der Waals surface area contributed by atoms with Crippen molar-refractivity contribution in [3.8, 4) is 0 Å². The van der Waals surface area contributed by atoms with Crippen LogP contribution in [0.2, 0.25) is 0 Å². The number of amides is 1. The van der Waals surface area contributed by atoms with Gasteiger partial charge in [0.1, 0.15) is 17.1 Å². The standard InChI is InChI=1S/C34H53NO9/c1-20-22-17-23(37)27-33(19-42-21(2)36)15-12-14-32(6,7)24(33)18-25(41-8)34(27,28(20)39)29(22)43-26(38)13-10-9-11-16-35-30(40)44-31(3,4)5/h22-25,27,29,37H,1,9-19H2,2-8H3,(H,35,40)/t22-,23-,24+,25+,27-,29+,33-,34+/m0/s1. The zero-order chi connectivity index (χ0) is 32.7. The second-order valence-electron chi connectivity index (χ2n) is 15.2. The average Bonchev–Trinajstić information content (AvgIpc) is 3.04. The van der Waals surface area contributed by atoms with Crippen molar-refractivity contribution >= 4 is 23.8 Å². The van der Waals surface area contributed by atoms with Gasteiger partial charge in [0.15, 0.2) is 5.78 Å². The zero-order valence-corrected chi connectivity index (χ0v) is 27.7. The topological polar surface area (TPSA) is 137 Å². The molecule has 4 aliphatic carbocycles. The first-order valence-electron chi connectivity index (χ1n) is 16.3. The highest BCUT2D eigenvalue weighted by molar-refractivity contribution is 6.05. The van der Waals surface area contributed by atoms with Crippen molar-refractivity contribution in [2.24, 2.45) is 34.0 Å². The molecular formula is C34H53NO9. The number of esters is 2. The van der Waals surface area contributed by atoms with E-state index < -0.39 is 64.6 Å². The van der Waals surface area contributed by atoms with Crippen molar-refractivity contribution in [3.63, 3.8) is 0 Å². The Morgan fingerprint density at radius 3 is 2.43 bits per heavy atom. The summed E-state index contributed by atoms with van der Waals surface area (Å²) in [6.07, 6.45) is 2.63. The summed E-state index contributed by atoms with van der Waals surface area (Å²) in [4.78, 5) is 51.7. The maximum Gasteiger partial charge on any atom is 0.407 e. The first-order valence-corrected chi connectivity index (χ1v) is 16.3. The summed E-state index contributed by atoms with van der Waals surface area (Å²) in [5.74, 6) is -2.14. The van der Waals surface area contributed by atoms with E-state index in [1.807, 2.05) is 0 Å². The Hall–Kier alpha value is -2.46. The number of aliphatic hydroxyl groups is 1. The second kappa shape index (κ2) is 12.7. The molecule has 0 aromatic heterocycles. The van der Waals surface area contributed by atoms with Crippen molar-refractivity contribution in [2.45, 2.75) is 123 Å². The van der Waals surface area contributed by atoms with Crippen LogP contribution in [-0.4, -0.2) is 73.1 Å². The van der Waals surface area contributed by atoms with Crippen LogP contribution in [-0.2, 0) is 33.3 Å². The molecule has 10 nitrogen and oxygen atoms in total. The van der Waals surface area contributed by atoms with Gasteiger partial charge in [-0.25, -0.2) is 4.79 Å². The van der Waals surface area contributed by atoms with Gasteiger partial charge in [0.2, 0.25) is 0 Å². The number of Topliss-reactive ketones (excluding diaryl/α,β-unsaturated/α-hetero) is 1. The number of unbranched alkanes of at least 4 members (excludes halogenated alkanes) is 2. The molecule has 10 heteroatoms. The highest BCUT2D eigenvalue weighted by Gasteiger charge is 2.78. The molecule has 4 aliphatic rings. The number of hydrogen-bond donors (Lipinski definition) is 2. The predicted octanol–water partition coefficient (Wildman–Crippen LogP) is 4.90. The van der Waals surface area contributed by atoms with Gasteiger partial charge in [-0.1, -0.05) is 33.3 Å². The molecule has 2 bridgehead atoms. The number of carbonyl (C=O) groups is 4. The number of ether oxygens (including phenoxy) is 4. The third-order valence-electron chi connectivity index (χ3n) is 10.9. The van der Waals surface area contributed by atoms with Gasteiger partial charge in [0.25, 0.3) is 0 Å². The van der Waals surface area contributed by atoms with Crippen molar-refractivity contribution in [1.29, 1.82) is 0 Å². The smallest absolute Gasteiger partial charge is 0.407 e. The number of hydrogen-bond acceptors (Lipinski definition) is 9. The number of aliphatic hydroxyl groups excluding tert-OH is 1. The van der Waals surface area contributed by atoms with Crippen LogP contribution in [0.3, 0.4) is 0 Å². The lowest BCUT2D eigenvalue weighted by molar-refractivity contribution is -0.272. The van der Waals surface area contributed by atoms with Crippen LogP contribution in [0, 0.1) is 34.0 Å². The molecular weight excluding hydrogens is 566 g/mol. The predicted molar refractivity (Wildman–Crippen MR) is 162 cm³/mol. The molecule has 0 aromatic rings. The van der Waals surface area contributed by atoms with Gasteiger partial charge in [-0.05, 0) is 76.2 Å². The van der Waals surface area contributed by atoms with Crippen LogP contribution >= 0.6 is 0 Å². The van der Waals surface area contributed by atoms with Crippen molar-refractivity contribution in [1.82, 2.24) is 5.32 Å². The molecule has 1 spiro atoms. The Morgan fingerprint density at radius 1 is 1.09 bits per heavy atom. The molecule has 1 amide bonds. The quantitative estimate of drug-likeness (QED) is 0.151. The Kier molecular flexibility index (Phi) is 9.96. The SMILES string of the molecule is C=C1C(=O)[C@]23[C@H](OC(=O)CCCCCNC(=O)OC(C)(C)C)[C@H]1C[C@H](O)[C@H]2[C@]1(COC(C)=O)CCCC(C)(C)[C@H]1C[C@H]3OC. The van der Waals surface area contributed by atoms with Gasteiger partial charge in [-0.15, -0.1) is 0 Å². The fourth-order valence-electron chi connectivity index (χ4n) is 9.36. The summed E-state index contributed by atoms with van der Waals surface area (Å²) in [5, 5.41) is 14.6. The van der Waals surface area contributed by atoms with E-state index in [9.17, 15) is 24.3 Å². The number of alkyl carbamates (subject to hydrolysis) is 1. The van der Waals surface area contributed by atoms with Crippen LogP contribution in [0.15, 0.2) is 12.2 Å². The minimum atomic E-state index is -1.31. The van der Waals surface area contributed by atoms with Gasteiger partial charge >= 0.3 is 18.0 Å². The van der Waals surface area contributed by atoms with Gasteiger partial charge in [0.05, 0.1) is 18.8 Å². The van der Waals surface area contributed by atoms with E-state index in [4.69, 9.17) is 18.9 Å². The van der Waals surface area contributed by atoms with Gasteiger partial charge in [-0.3, -0.25) is 14.4 Å². The van der Waals surface area contributed by atoms with Crippen LogP contribution in [0.5, 0.6) is 0 Å². The molecule has 0 saturated heterocycles. The molecule has 0 heterocycles. The summed E-state index contributed by atoms with van der Waals surface area (Å²) in [6, 6.07) is 0. The monoisotopic (exact) mass is 619 g/mol. The summed E-state index contributed by atoms with van der Waals surface area (Å²) in [7, 11) is 1.58. The minimum absolute atomic E-state index is 0.0159. The summed E-state index contributed by atoms with van der Waals surface area (Å²) in [5.41, 5.74) is -2.33. The highest BCUT2D eigenvalue weighted by atomic mass is 16.6. The Morgan fingerprint density at radius 2 is 1.80 bits per heavy atom. The van der Waals surface area contributed by atoms with Crippen molar-refractivity contribution in [3.05, 3.63) is 12.2 Å². The summed E-state index contributed by atoms with van der Waals surface area (Å²) < 4.78 is 23.4. The number of methoxy groups -OCH3 is 1. The van der Waals surface area contributed by atoms with E-state index in [1.165, 1.54) is 6.92 Å². The van der Waals surface area contributed by atoms with E-state index in [0.717, 1.165) is 12.8 Å². The van der Waals surface area contributed by atoms with Gasteiger partial charge in [-0.2, -0.15) is 0 Å². The van der Waals surface area contributed by atoms with Gasteiger partial charge < -0.3 is 29.4 Å². The maximum atomic E-state index is 14.4. The highest BCUT2D eigenvalue weighted by Crippen LogP contribution is 2.72. The van der Waals surface area contributed by atoms with Crippen molar-refractivity contribution < 1.29 is 43.2 Å².